The normalized spacial score (nSPS) is 40.6. The fourth-order valence-electron chi connectivity index (χ4n) is 5.23. The van der Waals surface area contributed by atoms with Gasteiger partial charge < -0.3 is 9.47 Å². The molecule has 0 radical (unpaired) electrons. The minimum Gasteiger partial charge on any atom is -0.459 e. The predicted molar refractivity (Wildman–Crippen MR) is 92.5 cm³/mol. The molecule has 0 aromatic rings. The molecule has 1 N–H and O–H groups in total. The monoisotopic (exact) mass is 345 g/mol. The van der Waals surface area contributed by atoms with E-state index in [-0.39, 0.29) is 36.6 Å². The first-order chi connectivity index (χ1) is 10.0. The zero-order valence-electron chi connectivity index (χ0n) is 15.3. The number of halogens is 1. The van der Waals surface area contributed by atoms with Crippen molar-refractivity contribution in [3.05, 3.63) is 0 Å². The number of carbonyl (C=O) groups is 1. The molecule has 2 aliphatic carbocycles. The Morgan fingerprint density at radius 3 is 2.52 bits per heavy atom. The van der Waals surface area contributed by atoms with Gasteiger partial charge in [0, 0.05) is 0 Å². The third-order valence-electron chi connectivity index (χ3n) is 6.60. The molecule has 0 unspecified atom stereocenters. The van der Waals surface area contributed by atoms with Gasteiger partial charge in [-0.2, -0.15) is 0 Å². The second kappa shape index (κ2) is 5.89. The molecule has 1 heterocycles. The Morgan fingerprint density at radius 1 is 1.30 bits per heavy atom. The molecule has 1 aliphatic heterocycles. The van der Waals surface area contributed by atoms with Crippen molar-refractivity contribution in [2.45, 2.75) is 78.7 Å². The molecule has 3 fully saturated rings. The number of carbonyl (C=O) groups excluding carboxylic acids is 1. The lowest BCUT2D eigenvalue weighted by Crippen LogP contribution is -2.41. The van der Waals surface area contributed by atoms with Gasteiger partial charge in [-0.1, -0.05) is 20.8 Å². The van der Waals surface area contributed by atoms with E-state index in [2.05, 4.69) is 26.1 Å². The highest BCUT2D eigenvalue weighted by molar-refractivity contribution is 5.85. The van der Waals surface area contributed by atoms with Gasteiger partial charge in [0.25, 0.3) is 0 Å². The summed E-state index contributed by atoms with van der Waals surface area (Å²) in [4.78, 5) is 11.8. The number of hydrogen-bond donors (Lipinski definition) is 1. The number of esters is 1. The highest BCUT2D eigenvalue weighted by atomic mass is 35.5. The van der Waals surface area contributed by atoms with Crippen LogP contribution in [0, 0.1) is 22.7 Å². The van der Waals surface area contributed by atoms with Gasteiger partial charge in [0.2, 0.25) is 0 Å². The molecular weight excluding hydrogens is 314 g/mol. The summed E-state index contributed by atoms with van der Waals surface area (Å²) in [7, 11) is 0. The van der Waals surface area contributed by atoms with Crippen LogP contribution in [0.2, 0.25) is 0 Å². The average Bonchev–Trinajstić information content (AvgIpc) is 2.91. The third-order valence-corrected chi connectivity index (χ3v) is 6.60. The van der Waals surface area contributed by atoms with Crippen LogP contribution >= 0.6 is 12.4 Å². The summed E-state index contributed by atoms with van der Waals surface area (Å²) in [5, 5.41) is 3.25. The first-order valence-electron chi connectivity index (χ1n) is 8.65. The van der Waals surface area contributed by atoms with Crippen molar-refractivity contribution in [2.75, 3.05) is 6.54 Å². The fraction of sp³-hybridized carbons (Fsp3) is 0.944. The molecule has 0 spiro atoms. The summed E-state index contributed by atoms with van der Waals surface area (Å²) < 4.78 is 11.7. The van der Waals surface area contributed by atoms with Crippen molar-refractivity contribution in [2.24, 2.45) is 22.7 Å². The van der Waals surface area contributed by atoms with Crippen molar-refractivity contribution in [3.63, 3.8) is 0 Å². The van der Waals surface area contributed by atoms with Crippen LogP contribution in [-0.2, 0) is 14.3 Å². The van der Waals surface area contributed by atoms with E-state index in [9.17, 15) is 4.79 Å². The van der Waals surface area contributed by atoms with Crippen molar-refractivity contribution in [3.8, 4) is 0 Å². The average molecular weight is 346 g/mol. The van der Waals surface area contributed by atoms with E-state index in [0.29, 0.717) is 17.4 Å². The fourth-order valence-corrected chi connectivity index (χ4v) is 5.23. The lowest BCUT2D eigenvalue weighted by atomic mass is 9.70. The maximum atomic E-state index is 11.8. The van der Waals surface area contributed by atoms with E-state index >= 15 is 0 Å². The smallest absolute Gasteiger partial charge is 0.320 e. The van der Waals surface area contributed by atoms with Crippen LogP contribution in [0.15, 0.2) is 0 Å². The van der Waals surface area contributed by atoms with Crippen molar-refractivity contribution in [1.82, 2.24) is 5.32 Å². The van der Waals surface area contributed by atoms with E-state index < -0.39 is 5.60 Å². The molecule has 0 aromatic carbocycles. The van der Waals surface area contributed by atoms with Gasteiger partial charge in [0.15, 0.2) is 0 Å². The van der Waals surface area contributed by atoms with Gasteiger partial charge in [-0.25, -0.2) is 0 Å². The molecule has 0 aromatic heterocycles. The summed E-state index contributed by atoms with van der Waals surface area (Å²) in [5.74, 6) is 1.20. The van der Waals surface area contributed by atoms with E-state index in [1.54, 1.807) is 0 Å². The number of fused-ring (bicyclic) bond motifs is 5. The summed E-state index contributed by atoms with van der Waals surface area (Å²) in [6, 6.07) is 0. The predicted octanol–water partition coefficient (Wildman–Crippen LogP) is 3.53. The molecule has 1 saturated heterocycles. The summed E-state index contributed by atoms with van der Waals surface area (Å²) in [6.07, 6.45) is 3.96. The topological polar surface area (TPSA) is 47.6 Å². The van der Waals surface area contributed by atoms with Crippen molar-refractivity contribution >= 4 is 18.4 Å². The molecule has 23 heavy (non-hydrogen) atoms. The number of nitrogens with one attached hydrogen (secondary N) is 1. The Morgan fingerprint density at radius 2 is 1.96 bits per heavy atom. The van der Waals surface area contributed by atoms with Crippen LogP contribution in [0.4, 0.5) is 0 Å². The lowest BCUT2D eigenvalue weighted by molar-refractivity contribution is -0.154. The van der Waals surface area contributed by atoms with Crippen LogP contribution in [0.3, 0.4) is 0 Å². The van der Waals surface area contributed by atoms with Gasteiger partial charge >= 0.3 is 5.97 Å². The van der Waals surface area contributed by atoms with E-state index in [0.717, 1.165) is 12.3 Å². The van der Waals surface area contributed by atoms with Crippen LogP contribution in [-0.4, -0.2) is 30.4 Å². The molecule has 2 saturated carbocycles. The largest absolute Gasteiger partial charge is 0.459 e. The first kappa shape index (κ1) is 19.0. The van der Waals surface area contributed by atoms with Gasteiger partial charge in [0.05, 0.1) is 12.6 Å². The minimum atomic E-state index is -0.428. The van der Waals surface area contributed by atoms with E-state index in [1.807, 2.05) is 20.8 Å². The number of ether oxygens (including phenoxy) is 2. The van der Waals surface area contributed by atoms with E-state index in [1.165, 1.54) is 12.8 Å². The Kier molecular flexibility index (Phi) is 4.87. The molecule has 134 valence electrons. The van der Waals surface area contributed by atoms with Gasteiger partial charge in [-0.3, -0.25) is 10.1 Å². The SMILES string of the molecule is CC(C)(C)OC(=O)CN[C@H]1C[C@H]2[C@@H](O1)[C@@]1(C)CC[C@@H]2C1(C)C.Cl. The Labute approximate surface area is 146 Å². The maximum absolute atomic E-state index is 11.8. The zero-order chi connectivity index (χ0) is 16.3. The molecule has 4 nitrogen and oxygen atoms in total. The molecule has 5 heteroatoms. The number of hydrogen-bond acceptors (Lipinski definition) is 4. The Balaban J connectivity index is 0.00000192. The minimum absolute atomic E-state index is 0. The van der Waals surface area contributed by atoms with Gasteiger partial charge in [0.1, 0.15) is 11.8 Å². The third kappa shape index (κ3) is 3.03. The molecular formula is C18H32ClNO3. The quantitative estimate of drug-likeness (QED) is 0.795. The van der Waals surface area contributed by atoms with Gasteiger partial charge in [-0.15, -0.1) is 12.4 Å². The number of rotatable bonds is 3. The standard InChI is InChI=1S/C18H31NO3.ClH/c1-16(2,3)22-14(20)10-19-13-9-11-12-7-8-18(6,15(11)21-13)17(12,4)5;/h11-13,15,19H,7-10H2,1-6H3;1H/t11-,12+,13-,15-,18-;/m1./s1. The molecule has 0 amide bonds. The van der Waals surface area contributed by atoms with Crippen molar-refractivity contribution < 1.29 is 14.3 Å². The summed E-state index contributed by atoms with van der Waals surface area (Å²) >= 11 is 0. The summed E-state index contributed by atoms with van der Waals surface area (Å²) in [5.41, 5.74) is 0.228. The van der Waals surface area contributed by atoms with Crippen LogP contribution in [0.1, 0.15) is 60.8 Å². The highest BCUT2D eigenvalue weighted by Crippen LogP contribution is 2.70. The van der Waals surface area contributed by atoms with Crippen LogP contribution < -0.4 is 5.32 Å². The molecule has 3 aliphatic rings. The van der Waals surface area contributed by atoms with Crippen LogP contribution in [0.5, 0.6) is 0 Å². The van der Waals surface area contributed by atoms with Crippen molar-refractivity contribution in [1.29, 1.82) is 0 Å². The van der Waals surface area contributed by atoms with E-state index in [4.69, 9.17) is 9.47 Å². The molecule has 5 atom stereocenters. The highest BCUT2D eigenvalue weighted by Gasteiger charge is 2.68. The van der Waals surface area contributed by atoms with Crippen LogP contribution in [0.25, 0.3) is 0 Å². The molecule has 3 rings (SSSR count). The van der Waals surface area contributed by atoms with Gasteiger partial charge in [-0.05, 0) is 62.7 Å². The second-order valence-electron chi connectivity index (χ2n) is 9.20. The summed E-state index contributed by atoms with van der Waals surface area (Å²) in [6.45, 7) is 13.1. The molecule has 2 bridgehead atoms. The Bertz CT molecular complexity index is 473. The second-order valence-corrected chi connectivity index (χ2v) is 9.20. The zero-order valence-corrected chi connectivity index (χ0v) is 16.1. The lowest BCUT2D eigenvalue weighted by Gasteiger charge is -2.38. The maximum Gasteiger partial charge on any atom is 0.320 e. The Hall–Kier alpha value is -0.320. The first-order valence-corrected chi connectivity index (χ1v) is 8.65.